The highest BCUT2D eigenvalue weighted by atomic mass is 19.4. The Labute approximate surface area is 211 Å². The van der Waals surface area contributed by atoms with Crippen LogP contribution in [0.4, 0.5) is 30.7 Å². The van der Waals surface area contributed by atoms with Gasteiger partial charge in [-0.15, -0.1) is 0 Å². The highest BCUT2D eigenvalue weighted by Gasteiger charge is 2.44. The van der Waals surface area contributed by atoms with Crippen molar-refractivity contribution in [2.75, 3.05) is 39.6 Å². The Balaban J connectivity index is 1.90. The van der Waals surface area contributed by atoms with Crippen molar-refractivity contribution in [1.82, 2.24) is 15.2 Å². The standard InChI is InChI=1S/C26H32F7N3O/c1-16-12-20-19-6-3-4-7-22(19)35-24(20)25(36(16)15-26(31,32)33)17(2)23(30)21(29)13-18(14-28)37-11-10-34-9-5-8-27/h3-4,6-7,13,16-17,25,34-35H,5,8-12,14-15H2,1-2H3/b18-13+,23-21-/t16-,17?,25-/m1/s1. The minimum atomic E-state index is -4.55. The van der Waals surface area contributed by atoms with E-state index in [0.717, 1.165) is 15.8 Å². The van der Waals surface area contributed by atoms with Crippen molar-refractivity contribution in [3.8, 4) is 0 Å². The molecule has 1 aromatic carbocycles. The Hall–Kier alpha value is -2.53. The number of hydrogen-bond acceptors (Lipinski definition) is 3. The van der Waals surface area contributed by atoms with E-state index in [-0.39, 0.29) is 13.2 Å². The van der Waals surface area contributed by atoms with E-state index in [1.54, 1.807) is 19.1 Å². The average molecular weight is 536 g/mol. The first kappa shape index (κ1) is 29.0. The number of allylic oxidation sites excluding steroid dienone is 3. The summed E-state index contributed by atoms with van der Waals surface area (Å²) in [5.74, 6) is -4.49. The number of para-hydroxylation sites is 1. The molecule has 1 aromatic heterocycles. The van der Waals surface area contributed by atoms with Gasteiger partial charge in [-0.1, -0.05) is 25.1 Å². The van der Waals surface area contributed by atoms with Gasteiger partial charge in [0.25, 0.3) is 0 Å². The van der Waals surface area contributed by atoms with Crippen molar-refractivity contribution in [2.45, 2.75) is 44.9 Å². The highest BCUT2D eigenvalue weighted by molar-refractivity contribution is 5.85. The van der Waals surface area contributed by atoms with Crippen molar-refractivity contribution >= 4 is 10.9 Å². The summed E-state index contributed by atoms with van der Waals surface area (Å²) < 4.78 is 101. The van der Waals surface area contributed by atoms with Gasteiger partial charge in [-0.3, -0.25) is 9.29 Å². The molecule has 1 aliphatic rings. The van der Waals surface area contributed by atoms with E-state index >= 15 is 4.39 Å². The molecular formula is C26H32F7N3O. The molecule has 2 N–H and O–H groups in total. The molecule has 0 saturated heterocycles. The van der Waals surface area contributed by atoms with E-state index < -0.39 is 61.5 Å². The van der Waals surface area contributed by atoms with Gasteiger partial charge in [-0.25, -0.2) is 13.2 Å². The fraction of sp³-hybridized carbons (Fsp3) is 0.538. The van der Waals surface area contributed by atoms with Crippen LogP contribution in [-0.2, 0) is 11.2 Å². The van der Waals surface area contributed by atoms with Gasteiger partial charge in [0.1, 0.15) is 24.9 Å². The van der Waals surface area contributed by atoms with E-state index in [9.17, 15) is 26.3 Å². The van der Waals surface area contributed by atoms with Gasteiger partial charge < -0.3 is 15.0 Å². The minimum Gasteiger partial charge on any atom is -0.494 e. The van der Waals surface area contributed by atoms with E-state index in [4.69, 9.17) is 4.74 Å². The number of alkyl halides is 5. The first-order valence-corrected chi connectivity index (χ1v) is 12.2. The Morgan fingerprint density at radius 2 is 1.95 bits per heavy atom. The zero-order valence-corrected chi connectivity index (χ0v) is 20.8. The molecule has 0 radical (unpaired) electrons. The second kappa shape index (κ2) is 12.8. The van der Waals surface area contributed by atoms with Gasteiger partial charge >= 0.3 is 6.18 Å². The van der Waals surface area contributed by atoms with Gasteiger partial charge in [0.05, 0.1) is 19.3 Å². The predicted octanol–water partition coefficient (Wildman–Crippen LogP) is 6.62. The van der Waals surface area contributed by atoms with E-state index in [1.807, 2.05) is 12.1 Å². The lowest BCUT2D eigenvalue weighted by molar-refractivity contribution is -0.160. The number of nitrogens with one attached hydrogen (secondary N) is 2. The molecule has 3 rings (SSSR count). The fourth-order valence-corrected chi connectivity index (χ4v) is 4.80. The van der Waals surface area contributed by atoms with Crippen LogP contribution in [0.1, 0.15) is 37.6 Å². The van der Waals surface area contributed by atoms with E-state index in [1.165, 1.54) is 6.92 Å². The summed E-state index contributed by atoms with van der Waals surface area (Å²) in [6, 6.07) is 5.47. The summed E-state index contributed by atoms with van der Waals surface area (Å²) in [5, 5.41) is 3.68. The molecule has 0 amide bonds. The average Bonchev–Trinajstić information content (AvgIpc) is 3.21. The number of H-pyrrole nitrogens is 1. The van der Waals surface area contributed by atoms with Gasteiger partial charge in [0, 0.05) is 41.2 Å². The van der Waals surface area contributed by atoms with Crippen LogP contribution in [0.5, 0.6) is 0 Å². The molecular weight excluding hydrogens is 503 g/mol. The molecule has 206 valence electrons. The van der Waals surface area contributed by atoms with Gasteiger partial charge in [0.2, 0.25) is 0 Å². The Bertz CT molecular complexity index is 1100. The van der Waals surface area contributed by atoms with Gasteiger partial charge in [-0.2, -0.15) is 13.2 Å². The summed E-state index contributed by atoms with van der Waals surface area (Å²) in [6.07, 6.45) is -3.36. The Morgan fingerprint density at radius 1 is 1.22 bits per heavy atom. The lowest BCUT2D eigenvalue weighted by atomic mass is 9.85. The smallest absolute Gasteiger partial charge is 0.401 e. The maximum atomic E-state index is 15.4. The van der Waals surface area contributed by atoms with Crippen LogP contribution >= 0.6 is 0 Å². The number of fused-ring (bicyclic) bond motifs is 3. The third kappa shape index (κ3) is 7.28. The molecule has 37 heavy (non-hydrogen) atoms. The van der Waals surface area contributed by atoms with Crippen LogP contribution in [0, 0.1) is 5.92 Å². The number of aromatic nitrogens is 1. The summed E-state index contributed by atoms with van der Waals surface area (Å²) >= 11 is 0. The number of halogens is 7. The molecule has 1 aliphatic heterocycles. The number of aromatic amines is 1. The molecule has 4 nitrogen and oxygen atoms in total. The number of ether oxygens (including phenoxy) is 1. The van der Waals surface area contributed by atoms with Crippen molar-refractivity contribution in [2.24, 2.45) is 5.92 Å². The van der Waals surface area contributed by atoms with Crippen molar-refractivity contribution in [1.29, 1.82) is 0 Å². The number of benzene rings is 1. The maximum absolute atomic E-state index is 15.4. The van der Waals surface area contributed by atoms with Crippen molar-refractivity contribution < 1.29 is 35.5 Å². The predicted molar refractivity (Wildman–Crippen MR) is 129 cm³/mol. The third-order valence-corrected chi connectivity index (χ3v) is 6.50. The Kier molecular flexibility index (Phi) is 10.1. The molecule has 11 heteroatoms. The summed E-state index contributed by atoms with van der Waals surface area (Å²) in [6.45, 7) is 0.542. The molecule has 2 aromatic rings. The monoisotopic (exact) mass is 535 g/mol. The summed E-state index contributed by atoms with van der Waals surface area (Å²) in [7, 11) is 0. The third-order valence-electron chi connectivity index (χ3n) is 6.50. The minimum absolute atomic E-state index is 0.0512. The van der Waals surface area contributed by atoms with E-state index in [2.05, 4.69) is 10.3 Å². The fourth-order valence-electron chi connectivity index (χ4n) is 4.80. The largest absolute Gasteiger partial charge is 0.494 e. The number of hydrogen-bond donors (Lipinski definition) is 2. The molecule has 3 atom stereocenters. The van der Waals surface area contributed by atoms with Crippen LogP contribution in [0.3, 0.4) is 0 Å². The Morgan fingerprint density at radius 3 is 2.62 bits per heavy atom. The van der Waals surface area contributed by atoms with Gasteiger partial charge in [-0.05, 0) is 37.9 Å². The van der Waals surface area contributed by atoms with Crippen molar-refractivity contribution in [3.63, 3.8) is 0 Å². The molecule has 0 fully saturated rings. The number of nitrogens with zero attached hydrogens (tertiary/aromatic N) is 1. The second-order valence-corrected chi connectivity index (χ2v) is 9.22. The van der Waals surface area contributed by atoms with Crippen LogP contribution in [0.25, 0.3) is 10.9 Å². The molecule has 0 bridgehead atoms. The molecule has 1 unspecified atom stereocenters. The molecule has 0 saturated carbocycles. The van der Waals surface area contributed by atoms with Crippen molar-refractivity contribution in [3.05, 3.63) is 59.0 Å². The normalized spacial score (nSPS) is 20.6. The van der Waals surface area contributed by atoms with Crippen LogP contribution < -0.4 is 5.32 Å². The first-order chi connectivity index (χ1) is 17.6. The zero-order chi connectivity index (χ0) is 27.2. The first-order valence-electron chi connectivity index (χ1n) is 12.2. The number of rotatable bonds is 12. The van der Waals surface area contributed by atoms with Gasteiger partial charge in [0.15, 0.2) is 5.83 Å². The second-order valence-electron chi connectivity index (χ2n) is 9.22. The molecule has 2 heterocycles. The molecule has 0 spiro atoms. The highest BCUT2D eigenvalue weighted by Crippen LogP contribution is 2.45. The topological polar surface area (TPSA) is 40.3 Å². The maximum Gasteiger partial charge on any atom is 0.401 e. The van der Waals surface area contributed by atoms with Crippen LogP contribution in [0.15, 0.2) is 47.8 Å². The lowest BCUT2D eigenvalue weighted by Crippen LogP contribution is -2.48. The van der Waals surface area contributed by atoms with Crippen LogP contribution in [0.2, 0.25) is 0 Å². The van der Waals surface area contributed by atoms with E-state index in [0.29, 0.717) is 36.7 Å². The SMILES string of the molecule is CC(/C(F)=C(F)\C=C(/CF)OCCNCCCF)[C@@H]1c2[nH]c3ccccc3c2C[C@@H](C)N1CC(F)(F)F. The molecule has 0 aliphatic carbocycles. The quantitative estimate of drug-likeness (QED) is 0.139. The zero-order valence-electron chi connectivity index (χ0n) is 20.8. The lowest BCUT2D eigenvalue weighted by Gasteiger charge is -2.43. The summed E-state index contributed by atoms with van der Waals surface area (Å²) in [4.78, 5) is 4.26. The van der Waals surface area contributed by atoms with Crippen LogP contribution in [-0.4, -0.2) is 61.7 Å². The summed E-state index contributed by atoms with van der Waals surface area (Å²) in [5.41, 5.74) is 1.88.